The first-order valence-electron chi connectivity index (χ1n) is 11.4. The number of aliphatic carboxylic acids is 1. The van der Waals surface area contributed by atoms with Crippen molar-refractivity contribution in [3.8, 4) is 0 Å². The van der Waals surface area contributed by atoms with Crippen molar-refractivity contribution < 1.29 is 19.5 Å². The fourth-order valence-electron chi connectivity index (χ4n) is 4.17. The lowest BCUT2D eigenvalue weighted by molar-refractivity contribution is -0.142. The van der Waals surface area contributed by atoms with Crippen LogP contribution in [0.25, 0.3) is 0 Å². The molecule has 0 saturated carbocycles. The highest BCUT2D eigenvalue weighted by Gasteiger charge is 2.39. The van der Waals surface area contributed by atoms with Gasteiger partial charge in [0.05, 0.1) is 12.1 Å². The number of rotatable bonds is 8. The van der Waals surface area contributed by atoms with Crippen LogP contribution in [0.1, 0.15) is 74.7 Å². The Morgan fingerprint density at radius 1 is 1.13 bits per heavy atom. The van der Waals surface area contributed by atoms with E-state index in [2.05, 4.69) is 24.1 Å². The van der Waals surface area contributed by atoms with Crippen LogP contribution in [0.4, 0.5) is 0 Å². The van der Waals surface area contributed by atoms with Gasteiger partial charge in [0.1, 0.15) is 6.04 Å². The molecule has 1 rings (SSSR count). The molecule has 0 aromatic heterocycles. The quantitative estimate of drug-likeness (QED) is 0.569. The average molecular weight is 438 g/mol. The number of likely N-dealkylation sites (tertiary alicyclic amines) is 1. The Labute approximate surface area is 188 Å². The predicted octanol–water partition coefficient (Wildman–Crippen LogP) is 3.29. The second-order valence-corrected chi connectivity index (χ2v) is 10.5. The molecule has 0 radical (unpaired) electrons. The fourth-order valence-corrected chi connectivity index (χ4v) is 4.17. The molecule has 7 nitrogen and oxygen atoms in total. The molecule has 31 heavy (non-hydrogen) atoms. The summed E-state index contributed by atoms with van der Waals surface area (Å²) in [6.07, 6.45) is 4.50. The monoisotopic (exact) mass is 437 g/mol. The fraction of sp³-hybridized carbons (Fsp3) is 0.792. The van der Waals surface area contributed by atoms with Crippen molar-refractivity contribution in [2.45, 2.75) is 98.8 Å². The molecule has 0 spiro atoms. The summed E-state index contributed by atoms with van der Waals surface area (Å²) in [7, 11) is 1.69. The van der Waals surface area contributed by atoms with Gasteiger partial charge in [0, 0.05) is 18.7 Å². The maximum absolute atomic E-state index is 13.5. The molecule has 1 saturated heterocycles. The van der Waals surface area contributed by atoms with Crippen molar-refractivity contribution >= 4 is 17.8 Å². The molecule has 1 aliphatic heterocycles. The molecule has 3 atom stereocenters. The molecule has 2 N–H and O–H groups in total. The maximum atomic E-state index is 13.5. The average Bonchev–Trinajstić information content (AvgIpc) is 2.67. The third-order valence-electron chi connectivity index (χ3n) is 6.15. The minimum atomic E-state index is -1.00. The van der Waals surface area contributed by atoms with Gasteiger partial charge < -0.3 is 15.3 Å². The maximum Gasteiger partial charge on any atom is 0.331 e. The largest absolute Gasteiger partial charge is 0.478 e. The SMILES string of the molecule is CC(=CC(C(C)C)N(C)C(=O)C(NC(=O)C1CCCCN1C(C)C)C(C)(C)C)C(=O)O. The van der Waals surface area contributed by atoms with E-state index in [1.165, 1.54) is 6.92 Å². The molecule has 1 heterocycles. The van der Waals surface area contributed by atoms with E-state index < -0.39 is 17.4 Å². The number of nitrogens with zero attached hydrogens (tertiary/aromatic N) is 2. The standard InChI is InChI=1S/C24H43N3O4/c1-15(2)19(14-17(5)23(30)31)26(9)22(29)20(24(6,7)8)25-21(28)18-12-10-11-13-27(18)16(3)4/h14-16,18-20H,10-13H2,1-9H3,(H,25,28)(H,30,31). The molecule has 0 aromatic rings. The van der Waals surface area contributed by atoms with Crippen LogP contribution in [-0.4, -0.2) is 70.4 Å². The molecule has 7 heteroatoms. The summed E-state index contributed by atoms with van der Waals surface area (Å²) in [5, 5.41) is 12.3. The second-order valence-electron chi connectivity index (χ2n) is 10.5. The van der Waals surface area contributed by atoms with Gasteiger partial charge >= 0.3 is 5.97 Å². The zero-order chi connectivity index (χ0) is 24.1. The zero-order valence-electron chi connectivity index (χ0n) is 20.9. The molecule has 2 amide bonds. The summed E-state index contributed by atoms with van der Waals surface area (Å²) in [6.45, 7) is 16.3. The molecule has 178 valence electrons. The van der Waals surface area contributed by atoms with Crippen molar-refractivity contribution in [2.24, 2.45) is 11.3 Å². The molecule has 3 unspecified atom stereocenters. The summed E-state index contributed by atoms with van der Waals surface area (Å²) in [6, 6.07) is -1.06. The Hall–Kier alpha value is -1.89. The third-order valence-corrected chi connectivity index (χ3v) is 6.15. The van der Waals surface area contributed by atoms with Crippen LogP contribution in [0.2, 0.25) is 0 Å². The molecule has 0 aromatic carbocycles. The number of hydrogen-bond donors (Lipinski definition) is 2. The predicted molar refractivity (Wildman–Crippen MR) is 124 cm³/mol. The summed E-state index contributed by atoms with van der Waals surface area (Å²) >= 11 is 0. The van der Waals surface area contributed by atoms with Gasteiger partial charge in [-0.05, 0) is 51.5 Å². The van der Waals surface area contributed by atoms with E-state index in [4.69, 9.17) is 0 Å². The van der Waals surface area contributed by atoms with Gasteiger partial charge in [0.2, 0.25) is 11.8 Å². The van der Waals surface area contributed by atoms with Gasteiger partial charge in [-0.3, -0.25) is 14.5 Å². The van der Waals surface area contributed by atoms with E-state index in [-0.39, 0.29) is 41.4 Å². The Bertz CT molecular complexity index is 679. The highest BCUT2D eigenvalue weighted by Crippen LogP contribution is 2.25. The van der Waals surface area contributed by atoms with Crippen molar-refractivity contribution in [3.05, 3.63) is 11.6 Å². The molecular formula is C24H43N3O4. The number of hydrogen-bond acceptors (Lipinski definition) is 4. The van der Waals surface area contributed by atoms with E-state index in [0.29, 0.717) is 0 Å². The Morgan fingerprint density at radius 2 is 1.71 bits per heavy atom. The summed E-state index contributed by atoms with van der Waals surface area (Å²) in [5.41, 5.74) is -0.296. The Morgan fingerprint density at radius 3 is 2.16 bits per heavy atom. The Balaban J connectivity index is 3.15. The topological polar surface area (TPSA) is 90.0 Å². The molecule has 0 bridgehead atoms. The van der Waals surface area contributed by atoms with Gasteiger partial charge in [0.25, 0.3) is 0 Å². The van der Waals surface area contributed by atoms with E-state index in [0.717, 1.165) is 25.8 Å². The van der Waals surface area contributed by atoms with Crippen LogP contribution in [0.15, 0.2) is 11.6 Å². The zero-order valence-corrected chi connectivity index (χ0v) is 20.9. The van der Waals surface area contributed by atoms with Gasteiger partial charge in [-0.15, -0.1) is 0 Å². The van der Waals surface area contributed by atoms with Crippen LogP contribution in [-0.2, 0) is 14.4 Å². The van der Waals surface area contributed by atoms with Crippen molar-refractivity contribution in [3.63, 3.8) is 0 Å². The van der Waals surface area contributed by atoms with Crippen LogP contribution < -0.4 is 5.32 Å². The first-order chi connectivity index (χ1) is 14.2. The number of carbonyl (C=O) groups is 3. The van der Waals surface area contributed by atoms with E-state index >= 15 is 0 Å². The number of carbonyl (C=O) groups excluding carboxylic acids is 2. The number of nitrogens with one attached hydrogen (secondary N) is 1. The smallest absolute Gasteiger partial charge is 0.331 e. The molecule has 0 aliphatic carbocycles. The number of carboxylic acid groups (broad SMARTS) is 1. The lowest BCUT2D eigenvalue weighted by Gasteiger charge is -2.41. The van der Waals surface area contributed by atoms with Crippen molar-refractivity contribution in [1.82, 2.24) is 15.1 Å². The number of carboxylic acids is 1. The number of piperidine rings is 1. The van der Waals surface area contributed by atoms with Crippen molar-refractivity contribution in [2.75, 3.05) is 13.6 Å². The second kappa shape index (κ2) is 11.1. The van der Waals surface area contributed by atoms with Crippen molar-refractivity contribution in [1.29, 1.82) is 0 Å². The van der Waals surface area contributed by atoms with Crippen LogP contribution in [0.3, 0.4) is 0 Å². The minimum Gasteiger partial charge on any atom is -0.478 e. The van der Waals surface area contributed by atoms with E-state index in [1.54, 1.807) is 18.0 Å². The van der Waals surface area contributed by atoms with E-state index in [1.807, 2.05) is 34.6 Å². The highest BCUT2D eigenvalue weighted by molar-refractivity contribution is 5.91. The van der Waals surface area contributed by atoms with Crippen LogP contribution >= 0.6 is 0 Å². The highest BCUT2D eigenvalue weighted by atomic mass is 16.4. The van der Waals surface area contributed by atoms with Crippen LogP contribution in [0, 0.1) is 11.3 Å². The molecular weight excluding hydrogens is 394 g/mol. The lowest BCUT2D eigenvalue weighted by Crippen LogP contribution is -2.60. The lowest BCUT2D eigenvalue weighted by atomic mass is 9.84. The first kappa shape index (κ1) is 27.1. The molecule has 1 aliphatic rings. The molecule has 1 fully saturated rings. The summed E-state index contributed by atoms with van der Waals surface area (Å²) in [4.78, 5) is 41.9. The summed E-state index contributed by atoms with van der Waals surface area (Å²) in [5.74, 6) is -1.29. The Kier molecular flexibility index (Phi) is 9.73. The van der Waals surface area contributed by atoms with E-state index in [9.17, 15) is 19.5 Å². The summed E-state index contributed by atoms with van der Waals surface area (Å²) < 4.78 is 0. The number of likely N-dealkylation sites (N-methyl/N-ethyl adjacent to an activating group) is 1. The third kappa shape index (κ3) is 7.34. The minimum absolute atomic E-state index is 0.0225. The number of amides is 2. The first-order valence-corrected chi connectivity index (χ1v) is 11.4. The van der Waals surface area contributed by atoms with Gasteiger partial charge in [0.15, 0.2) is 0 Å². The normalized spacial score (nSPS) is 20.5. The van der Waals surface area contributed by atoms with Crippen LogP contribution in [0.5, 0.6) is 0 Å². The van der Waals surface area contributed by atoms with Gasteiger partial charge in [-0.2, -0.15) is 0 Å². The van der Waals surface area contributed by atoms with Gasteiger partial charge in [-0.1, -0.05) is 47.1 Å². The van der Waals surface area contributed by atoms with Gasteiger partial charge in [-0.25, -0.2) is 4.79 Å².